The molecule has 20 heavy (non-hydrogen) atoms. The van der Waals surface area contributed by atoms with Crippen molar-refractivity contribution in [1.29, 1.82) is 5.26 Å². The largest absolute Gasteiger partial charge is 0.494 e. The van der Waals surface area contributed by atoms with Crippen molar-refractivity contribution in [3.05, 3.63) is 29.8 Å². The fraction of sp³-hybridized carbons (Fsp3) is 0.588. The van der Waals surface area contributed by atoms with Gasteiger partial charge in [-0.25, -0.2) is 0 Å². The monoisotopic (exact) mass is 272 g/mol. The molecule has 2 atom stereocenters. The minimum atomic E-state index is 0.675. The number of hydrogen-bond donors (Lipinski definition) is 0. The molecule has 0 saturated carbocycles. The van der Waals surface area contributed by atoms with Crippen molar-refractivity contribution in [3.8, 4) is 11.8 Å². The molecule has 0 bridgehead atoms. The molecule has 1 aromatic carbocycles. The first-order valence-electron chi connectivity index (χ1n) is 7.56. The minimum Gasteiger partial charge on any atom is -0.494 e. The average Bonchev–Trinajstić information content (AvgIpc) is 2.46. The number of hydrogen-bond acceptors (Lipinski definition) is 3. The standard InChI is InChI=1S/C17H24N2O/c1-14-8-10-19(15(2)12-14)9-3-11-20-17-6-4-16(13-18)5-7-17/h4-7,14-15H,3,8-12H2,1-2H3. The number of piperidine rings is 1. The summed E-state index contributed by atoms with van der Waals surface area (Å²) in [5, 5.41) is 8.73. The van der Waals surface area contributed by atoms with Gasteiger partial charge in [-0.3, -0.25) is 0 Å². The predicted molar refractivity (Wildman–Crippen MR) is 80.7 cm³/mol. The van der Waals surface area contributed by atoms with Gasteiger partial charge in [0.1, 0.15) is 5.75 Å². The maximum absolute atomic E-state index is 8.73. The van der Waals surface area contributed by atoms with Gasteiger partial charge in [0.25, 0.3) is 0 Å². The van der Waals surface area contributed by atoms with Crippen LogP contribution in [-0.4, -0.2) is 30.6 Å². The second-order valence-corrected chi connectivity index (χ2v) is 5.85. The van der Waals surface area contributed by atoms with E-state index in [-0.39, 0.29) is 0 Å². The number of ether oxygens (including phenoxy) is 1. The Kier molecular flexibility index (Phi) is 5.43. The molecule has 2 rings (SSSR count). The number of benzene rings is 1. The Morgan fingerprint density at radius 2 is 2.05 bits per heavy atom. The molecular formula is C17H24N2O. The van der Waals surface area contributed by atoms with Gasteiger partial charge in [-0.2, -0.15) is 5.26 Å². The summed E-state index contributed by atoms with van der Waals surface area (Å²) < 4.78 is 5.72. The van der Waals surface area contributed by atoms with Gasteiger partial charge in [0.15, 0.2) is 0 Å². The molecule has 0 aliphatic carbocycles. The van der Waals surface area contributed by atoms with Gasteiger partial charge in [-0.15, -0.1) is 0 Å². The maximum atomic E-state index is 8.73. The van der Waals surface area contributed by atoms with Crippen LogP contribution in [0.15, 0.2) is 24.3 Å². The van der Waals surface area contributed by atoms with E-state index in [1.807, 2.05) is 12.1 Å². The topological polar surface area (TPSA) is 36.3 Å². The van der Waals surface area contributed by atoms with Crippen molar-refractivity contribution < 1.29 is 4.74 Å². The van der Waals surface area contributed by atoms with Crippen LogP contribution in [0.2, 0.25) is 0 Å². The van der Waals surface area contributed by atoms with E-state index >= 15 is 0 Å². The molecule has 1 heterocycles. The third-order valence-corrected chi connectivity index (χ3v) is 4.12. The lowest BCUT2D eigenvalue weighted by Gasteiger charge is -2.36. The highest BCUT2D eigenvalue weighted by atomic mass is 16.5. The minimum absolute atomic E-state index is 0.675. The van der Waals surface area contributed by atoms with Crippen LogP contribution in [-0.2, 0) is 0 Å². The zero-order valence-corrected chi connectivity index (χ0v) is 12.5. The molecule has 0 N–H and O–H groups in total. The van der Waals surface area contributed by atoms with Gasteiger partial charge >= 0.3 is 0 Å². The second-order valence-electron chi connectivity index (χ2n) is 5.85. The van der Waals surface area contributed by atoms with E-state index < -0.39 is 0 Å². The number of likely N-dealkylation sites (tertiary alicyclic amines) is 1. The highest BCUT2D eigenvalue weighted by Gasteiger charge is 2.21. The Morgan fingerprint density at radius 1 is 1.30 bits per heavy atom. The summed E-state index contributed by atoms with van der Waals surface area (Å²) in [6.45, 7) is 7.76. The lowest BCUT2D eigenvalue weighted by atomic mass is 9.93. The molecule has 3 heteroatoms. The zero-order valence-electron chi connectivity index (χ0n) is 12.5. The average molecular weight is 272 g/mol. The molecule has 0 aromatic heterocycles. The van der Waals surface area contributed by atoms with Crippen molar-refractivity contribution in [2.24, 2.45) is 5.92 Å². The van der Waals surface area contributed by atoms with Crippen LogP contribution in [0.5, 0.6) is 5.75 Å². The molecule has 3 nitrogen and oxygen atoms in total. The molecule has 1 aliphatic rings. The first-order chi connectivity index (χ1) is 9.69. The highest BCUT2D eigenvalue weighted by Crippen LogP contribution is 2.22. The lowest BCUT2D eigenvalue weighted by Crippen LogP contribution is -2.41. The number of nitriles is 1. The van der Waals surface area contributed by atoms with E-state index in [1.54, 1.807) is 12.1 Å². The Balaban J connectivity index is 1.67. The van der Waals surface area contributed by atoms with E-state index in [2.05, 4.69) is 24.8 Å². The normalized spacial score (nSPS) is 23.2. The molecule has 2 unspecified atom stereocenters. The van der Waals surface area contributed by atoms with Crippen LogP contribution in [0, 0.1) is 17.2 Å². The molecule has 0 amide bonds. The van der Waals surface area contributed by atoms with Crippen LogP contribution >= 0.6 is 0 Å². The Labute approximate surface area is 122 Å². The van der Waals surface area contributed by atoms with Crippen LogP contribution in [0.25, 0.3) is 0 Å². The Bertz CT molecular complexity index is 449. The smallest absolute Gasteiger partial charge is 0.119 e. The molecule has 1 aliphatic heterocycles. The third kappa shape index (κ3) is 4.25. The predicted octanol–water partition coefficient (Wildman–Crippen LogP) is 3.45. The van der Waals surface area contributed by atoms with Crippen LogP contribution in [0.4, 0.5) is 0 Å². The van der Waals surface area contributed by atoms with Gasteiger partial charge in [0, 0.05) is 12.6 Å². The molecular weight excluding hydrogens is 248 g/mol. The van der Waals surface area contributed by atoms with Gasteiger partial charge < -0.3 is 9.64 Å². The summed E-state index contributed by atoms with van der Waals surface area (Å²) in [6.07, 6.45) is 3.69. The van der Waals surface area contributed by atoms with Gasteiger partial charge in [0.05, 0.1) is 18.2 Å². The van der Waals surface area contributed by atoms with Crippen molar-refractivity contribution in [3.63, 3.8) is 0 Å². The summed E-state index contributed by atoms with van der Waals surface area (Å²) in [6, 6.07) is 10.1. The second kappa shape index (κ2) is 7.31. The molecule has 0 spiro atoms. The third-order valence-electron chi connectivity index (χ3n) is 4.12. The first-order valence-corrected chi connectivity index (χ1v) is 7.56. The zero-order chi connectivity index (χ0) is 14.4. The fourth-order valence-electron chi connectivity index (χ4n) is 2.87. The van der Waals surface area contributed by atoms with Crippen LogP contribution in [0.1, 0.15) is 38.7 Å². The van der Waals surface area contributed by atoms with Crippen LogP contribution < -0.4 is 4.74 Å². The summed E-state index contributed by atoms with van der Waals surface area (Å²) in [5.74, 6) is 1.72. The van der Waals surface area contributed by atoms with E-state index in [1.165, 1.54) is 19.4 Å². The SMILES string of the molecule is CC1CCN(CCCOc2ccc(C#N)cc2)C(C)C1. The van der Waals surface area contributed by atoms with Crippen molar-refractivity contribution in [2.75, 3.05) is 19.7 Å². The van der Waals surface area contributed by atoms with Gasteiger partial charge in [-0.05, 0) is 62.9 Å². The van der Waals surface area contributed by atoms with Crippen molar-refractivity contribution >= 4 is 0 Å². The van der Waals surface area contributed by atoms with Crippen molar-refractivity contribution in [1.82, 2.24) is 4.90 Å². The van der Waals surface area contributed by atoms with E-state index in [0.29, 0.717) is 11.6 Å². The summed E-state index contributed by atoms with van der Waals surface area (Å²) in [7, 11) is 0. The van der Waals surface area contributed by atoms with Gasteiger partial charge in [-0.1, -0.05) is 6.92 Å². The summed E-state index contributed by atoms with van der Waals surface area (Å²) in [4.78, 5) is 2.57. The highest BCUT2D eigenvalue weighted by molar-refractivity contribution is 5.34. The Hall–Kier alpha value is -1.53. The van der Waals surface area contributed by atoms with E-state index in [4.69, 9.17) is 10.00 Å². The van der Waals surface area contributed by atoms with E-state index in [9.17, 15) is 0 Å². The molecule has 1 fully saturated rings. The quantitative estimate of drug-likeness (QED) is 0.770. The molecule has 1 saturated heterocycles. The van der Waals surface area contributed by atoms with Crippen LogP contribution in [0.3, 0.4) is 0 Å². The summed E-state index contributed by atoms with van der Waals surface area (Å²) >= 11 is 0. The van der Waals surface area contributed by atoms with Gasteiger partial charge in [0.2, 0.25) is 0 Å². The lowest BCUT2D eigenvalue weighted by molar-refractivity contribution is 0.121. The van der Waals surface area contributed by atoms with Crippen molar-refractivity contribution in [2.45, 2.75) is 39.2 Å². The Morgan fingerprint density at radius 3 is 2.70 bits per heavy atom. The molecule has 1 aromatic rings. The maximum Gasteiger partial charge on any atom is 0.119 e. The summed E-state index contributed by atoms with van der Waals surface area (Å²) in [5.41, 5.74) is 0.675. The number of nitrogens with zero attached hydrogens (tertiary/aromatic N) is 2. The first kappa shape index (κ1) is 14.9. The number of rotatable bonds is 5. The fourth-order valence-corrected chi connectivity index (χ4v) is 2.87. The molecule has 108 valence electrons. The molecule has 0 radical (unpaired) electrons. The van der Waals surface area contributed by atoms with E-state index in [0.717, 1.165) is 31.2 Å².